The van der Waals surface area contributed by atoms with Crippen molar-refractivity contribution in [2.24, 2.45) is 0 Å². The number of benzene rings is 1. The minimum absolute atomic E-state index is 0.0472. The van der Waals surface area contributed by atoms with Crippen LogP contribution >= 0.6 is 15.9 Å². The van der Waals surface area contributed by atoms with Crippen LogP contribution in [0.25, 0.3) is 11.3 Å². The van der Waals surface area contributed by atoms with E-state index in [4.69, 9.17) is 4.52 Å². The van der Waals surface area contributed by atoms with Gasteiger partial charge < -0.3 is 4.52 Å². The molecule has 0 fully saturated rings. The van der Waals surface area contributed by atoms with Crippen LogP contribution < -0.4 is 0 Å². The number of amides is 2. The summed E-state index contributed by atoms with van der Waals surface area (Å²) in [5.74, 6) is -0.201. The van der Waals surface area contributed by atoms with Gasteiger partial charge in [0.05, 0.1) is 17.7 Å². The highest BCUT2D eigenvalue weighted by Gasteiger charge is 2.35. The van der Waals surface area contributed by atoms with Gasteiger partial charge in [0, 0.05) is 17.8 Å². The highest BCUT2D eigenvalue weighted by atomic mass is 79.9. The van der Waals surface area contributed by atoms with Crippen LogP contribution in [0.2, 0.25) is 0 Å². The second kappa shape index (κ2) is 5.68. The van der Waals surface area contributed by atoms with Crippen LogP contribution in [0.5, 0.6) is 0 Å². The summed E-state index contributed by atoms with van der Waals surface area (Å²) >= 11 is 3.30. The van der Waals surface area contributed by atoms with Crippen LogP contribution in [-0.2, 0) is 6.54 Å². The van der Waals surface area contributed by atoms with Crippen molar-refractivity contribution in [3.05, 3.63) is 70.2 Å². The molecule has 0 atom stereocenters. The van der Waals surface area contributed by atoms with E-state index in [1.54, 1.807) is 42.6 Å². The van der Waals surface area contributed by atoms with E-state index in [1.807, 2.05) is 6.07 Å². The van der Waals surface area contributed by atoms with E-state index in [9.17, 15) is 9.59 Å². The number of hydrogen-bond donors (Lipinski definition) is 0. The van der Waals surface area contributed by atoms with Crippen molar-refractivity contribution in [1.29, 1.82) is 0 Å². The molecule has 1 aromatic carbocycles. The lowest BCUT2D eigenvalue weighted by atomic mass is 10.1. The second-order valence-corrected chi connectivity index (χ2v) is 6.10. The van der Waals surface area contributed by atoms with Crippen molar-refractivity contribution >= 4 is 27.7 Å². The first-order valence-corrected chi connectivity index (χ1v) is 7.95. The molecule has 0 spiro atoms. The van der Waals surface area contributed by atoms with E-state index in [1.165, 1.54) is 0 Å². The van der Waals surface area contributed by atoms with Crippen molar-refractivity contribution in [3.63, 3.8) is 0 Å². The first-order chi connectivity index (χ1) is 11.6. The normalized spacial score (nSPS) is 13.5. The predicted octanol–water partition coefficient (Wildman–Crippen LogP) is 3.30. The molecule has 24 heavy (non-hydrogen) atoms. The minimum atomic E-state index is -0.319. The van der Waals surface area contributed by atoms with Crippen molar-refractivity contribution in [3.8, 4) is 11.3 Å². The lowest BCUT2D eigenvalue weighted by molar-refractivity contribution is 0.0628. The maximum absolute atomic E-state index is 12.4. The van der Waals surface area contributed by atoms with Crippen LogP contribution in [0.4, 0.5) is 0 Å². The van der Waals surface area contributed by atoms with Gasteiger partial charge in [0.1, 0.15) is 10.3 Å². The Balaban J connectivity index is 1.59. The Kier molecular flexibility index (Phi) is 3.50. The number of aromatic nitrogens is 2. The number of carbonyl (C=O) groups excluding carboxylic acids is 2. The Morgan fingerprint density at radius 1 is 1.04 bits per heavy atom. The van der Waals surface area contributed by atoms with Crippen molar-refractivity contribution < 1.29 is 14.1 Å². The quantitative estimate of drug-likeness (QED) is 0.512. The molecule has 118 valence electrons. The summed E-state index contributed by atoms with van der Waals surface area (Å²) in [6.45, 7) is 0.0472. The van der Waals surface area contributed by atoms with Gasteiger partial charge in [-0.15, -0.1) is 0 Å². The van der Waals surface area contributed by atoms with Crippen molar-refractivity contribution in [1.82, 2.24) is 15.0 Å². The van der Waals surface area contributed by atoms with Gasteiger partial charge in [0.15, 0.2) is 5.76 Å². The van der Waals surface area contributed by atoms with E-state index in [0.717, 1.165) is 10.5 Å². The SMILES string of the molecule is O=C1c2ccccc2C(=O)N1Cc1cc(-c2ccnc(Br)c2)no1. The third-order valence-electron chi connectivity index (χ3n) is 3.77. The molecule has 0 radical (unpaired) electrons. The highest BCUT2D eigenvalue weighted by Crippen LogP contribution is 2.26. The highest BCUT2D eigenvalue weighted by molar-refractivity contribution is 9.10. The number of fused-ring (bicyclic) bond motifs is 1. The summed E-state index contributed by atoms with van der Waals surface area (Å²) in [6, 6.07) is 12.1. The van der Waals surface area contributed by atoms with Gasteiger partial charge in [0.25, 0.3) is 11.8 Å². The third-order valence-corrected chi connectivity index (χ3v) is 4.21. The fourth-order valence-electron chi connectivity index (χ4n) is 2.62. The maximum Gasteiger partial charge on any atom is 0.261 e. The topological polar surface area (TPSA) is 76.3 Å². The molecule has 0 saturated carbocycles. The van der Waals surface area contributed by atoms with Gasteiger partial charge in [0.2, 0.25) is 0 Å². The Hall–Kier alpha value is -2.80. The summed E-state index contributed by atoms with van der Waals surface area (Å²) in [7, 11) is 0. The van der Waals surface area contributed by atoms with Gasteiger partial charge in [-0.3, -0.25) is 14.5 Å². The van der Waals surface area contributed by atoms with E-state index in [2.05, 4.69) is 26.1 Å². The second-order valence-electron chi connectivity index (χ2n) is 5.29. The number of nitrogens with zero attached hydrogens (tertiary/aromatic N) is 3. The molecule has 0 saturated heterocycles. The summed E-state index contributed by atoms with van der Waals surface area (Å²) in [4.78, 5) is 29.9. The predicted molar refractivity (Wildman–Crippen MR) is 88.1 cm³/mol. The number of halogens is 1. The molecule has 7 heteroatoms. The standard InChI is InChI=1S/C17H10BrN3O3/c18-15-7-10(5-6-19-15)14-8-11(24-20-14)9-21-16(22)12-3-1-2-4-13(12)17(21)23/h1-8H,9H2. The smallest absolute Gasteiger partial charge is 0.261 e. The number of pyridine rings is 1. The summed E-state index contributed by atoms with van der Waals surface area (Å²) < 4.78 is 5.97. The fourth-order valence-corrected chi connectivity index (χ4v) is 2.99. The van der Waals surface area contributed by atoms with Crippen molar-refractivity contribution in [2.45, 2.75) is 6.54 Å². The Morgan fingerprint density at radius 3 is 2.42 bits per heavy atom. The molecular weight excluding hydrogens is 374 g/mol. The molecule has 1 aliphatic rings. The van der Waals surface area contributed by atoms with E-state index in [0.29, 0.717) is 27.2 Å². The lowest BCUT2D eigenvalue weighted by Crippen LogP contribution is -2.28. The largest absolute Gasteiger partial charge is 0.359 e. The van der Waals surface area contributed by atoms with Gasteiger partial charge in [-0.1, -0.05) is 17.3 Å². The fraction of sp³-hybridized carbons (Fsp3) is 0.0588. The molecule has 6 nitrogen and oxygen atoms in total. The first kappa shape index (κ1) is 14.8. The zero-order valence-electron chi connectivity index (χ0n) is 12.3. The van der Waals surface area contributed by atoms with Crippen LogP contribution in [0.3, 0.4) is 0 Å². The molecule has 0 N–H and O–H groups in total. The van der Waals surface area contributed by atoms with E-state index in [-0.39, 0.29) is 18.4 Å². The van der Waals surface area contributed by atoms with Crippen LogP contribution in [0.1, 0.15) is 26.5 Å². The minimum Gasteiger partial charge on any atom is -0.359 e. The molecule has 2 aromatic heterocycles. The zero-order chi connectivity index (χ0) is 16.7. The van der Waals surface area contributed by atoms with Crippen molar-refractivity contribution in [2.75, 3.05) is 0 Å². The van der Waals surface area contributed by atoms with E-state index < -0.39 is 0 Å². The molecule has 1 aliphatic heterocycles. The number of carbonyl (C=O) groups is 2. The molecule has 0 unspecified atom stereocenters. The van der Waals surface area contributed by atoms with Gasteiger partial charge in [-0.25, -0.2) is 4.98 Å². The summed E-state index contributed by atoms with van der Waals surface area (Å²) in [6.07, 6.45) is 1.65. The third kappa shape index (κ3) is 2.43. The first-order valence-electron chi connectivity index (χ1n) is 7.16. The van der Waals surface area contributed by atoms with E-state index >= 15 is 0 Å². The average molecular weight is 384 g/mol. The molecule has 3 heterocycles. The summed E-state index contributed by atoms with van der Waals surface area (Å²) in [5, 5.41) is 4.00. The van der Waals surface area contributed by atoms with Crippen LogP contribution in [0.15, 0.2) is 57.8 Å². The average Bonchev–Trinajstić information content (AvgIpc) is 3.15. The van der Waals surface area contributed by atoms with Gasteiger partial charge >= 0.3 is 0 Å². The van der Waals surface area contributed by atoms with Gasteiger partial charge in [-0.05, 0) is 40.2 Å². The Morgan fingerprint density at radius 2 is 1.75 bits per heavy atom. The van der Waals surface area contributed by atoms with Crippen LogP contribution in [0, 0.1) is 0 Å². The monoisotopic (exact) mass is 383 g/mol. The molecular formula is C17H10BrN3O3. The zero-order valence-corrected chi connectivity index (χ0v) is 13.9. The maximum atomic E-state index is 12.4. The molecule has 2 amide bonds. The number of rotatable bonds is 3. The molecule has 3 aromatic rings. The molecule has 4 rings (SSSR count). The lowest BCUT2D eigenvalue weighted by Gasteiger charge is -2.10. The van der Waals surface area contributed by atoms with Crippen LogP contribution in [-0.4, -0.2) is 26.9 Å². The Labute approximate surface area is 145 Å². The molecule has 0 bridgehead atoms. The number of hydrogen-bond acceptors (Lipinski definition) is 5. The summed E-state index contributed by atoms with van der Waals surface area (Å²) in [5.41, 5.74) is 2.28. The molecule has 0 aliphatic carbocycles. The Bertz CT molecular complexity index is 932. The van der Waals surface area contributed by atoms with Gasteiger partial charge in [-0.2, -0.15) is 0 Å². The number of imide groups is 1.